The van der Waals surface area contributed by atoms with Crippen LogP contribution in [0.25, 0.3) is 0 Å². The van der Waals surface area contributed by atoms with Gasteiger partial charge in [-0.05, 0) is 19.4 Å². The summed E-state index contributed by atoms with van der Waals surface area (Å²) in [5.74, 6) is -0.438. The van der Waals surface area contributed by atoms with Gasteiger partial charge in [-0.3, -0.25) is 0 Å². The number of ether oxygens (including phenoxy) is 1. The molecule has 1 saturated heterocycles. The molecule has 2 atom stereocenters. The first kappa shape index (κ1) is 17.9. The summed E-state index contributed by atoms with van der Waals surface area (Å²) in [6, 6.07) is -0.151. The van der Waals surface area contributed by atoms with E-state index < -0.39 is 19.7 Å². The van der Waals surface area contributed by atoms with Crippen LogP contribution in [0.5, 0.6) is 0 Å². The average molecular weight is 327 g/mol. The molecule has 1 aliphatic heterocycles. The second kappa shape index (κ2) is 7.72. The molecule has 1 aliphatic rings. The molecule has 1 heterocycles. The number of nitrogens with one attached hydrogen (secondary N) is 1. The minimum Gasteiger partial charge on any atom is -0.381 e. The van der Waals surface area contributed by atoms with Gasteiger partial charge in [0.05, 0.1) is 23.9 Å². The van der Waals surface area contributed by atoms with Crippen LogP contribution in [0.4, 0.5) is 0 Å². The predicted octanol–water partition coefficient (Wildman–Crippen LogP) is -0.149. The highest BCUT2D eigenvalue weighted by molar-refractivity contribution is 7.94. The molecule has 0 aromatic rings. The first-order valence-electron chi connectivity index (χ1n) is 6.93. The third-order valence-corrected chi connectivity index (χ3v) is 6.29. The van der Waals surface area contributed by atoms with Crippen LogP contribution in [0.15, 0.2) is 0 Å². The van der Waals surface area contributed by atoms with Crippen LogP contribution in [-0.2, 0) is 24.4 Å². The van der Waals surface area contributed by atoms with Crippen LogP contribution >= 0.6 is 0 Å². The summed E-state index contributed by atoms with van der Waals surface area (Å²) in [4.78, 5) is 0. The van der Waals surface area contributed by atoms with Gasteiger partial charge < -0.3 is 10.1 Å². The lowest BCUT2D eigenvalue weighted by molar-refractivity contribution is 0.178. The SMILES string of the molecule is CCCNC(CS(=O)(=O)CCS(C)(=O)=O)C1CCOC1. The van der Waals surface area contributed by atoms with Crippen molar-refractivity contribution in [2.45, 2.75) is 25.8 Å². The van der Waals surface area contributed by atoms with Gasteiger partial charge in [0.1, 0.15) is 9.84 Å². The second-order valence-electron chi connectivity index (χ2n) is 5.43. The molecule has 120 valence electrons. The fraction of sp³-hybridized carbons (Fsp3) is 1.00. The summed E-state index contributed by atoms with van der Waals surface area (Å²) >= 11 is 0. The van der Waals surface area contributed by atoms with Crippen molar-refractivity contribution in [1.82, 2.24) is 5.32 Å². The highest BCUT2D eigenvalue weighted by Gasteiger charge is 2.29. The number of sulfone groups is 2. The van der Waals surface area contributed by atoms with Gasteiger partial charge >= 0.3 is 0 Å². The average Bonchev–Trinajstić information content (AvgIpc) is 2.85. The van der Waals surface area contributed by atoms with Crippen LogP contribution in [-0.4, -0.2) is 66.2 Å². The van der Waals surface area contributed by atoms with Crippen molar-refractivity contribution in [3.05, 3.63) is 0 Å². The first-order chi connectivity index (χ1) is 9.23. The van der Waals surface area contributed by atoms with E-state index in [4.69, 9.17) is 4.74 Å². The summed E-state index contributed by atoms with van der Waals surface area (Å²) in [7, 11) is -6.63. The van der Waals surface area contributed by atoms with Crippen molar-refractivity contribution in [2.24, 2.45) is 5.92 Å². The zero-order chi connectivity index (χ0) is 15.2. The lowest BCUT2D eigenvalue weighted by Crippen LogP contribution is -2.43. The molecular formula is C12H25NO5S2. The molecule has 0 spiro atoms. The molecule has 6 nitrogen and oxygen atoms in total. The summed E-state index contributed by atoms with van der Waals surface area (Å²) in [6.45, 7) is 4.01. The standard InChI is InChI=1S/C12H25NO5S2/c1-3-5-13-12(11-4-6-18-9-11)10-20(16,17)8-7-19(2,14)15/h11-13H,3-10H2,1-2H3. The zero-order valence-electron chi connectivity index (χ0n) is 12.2. The van der Waals surface area contributed by atoms with Crippen molar-refractivity contribution in [2.75, 3.05) is 43.3 Å². The third kappa shape index (κ3) is 7.01. The first-order valence-corrected chi connectivity index (χ1v) is 10.8. The molecule has 1 fully saturated rings. The van der Waals surface area contributed by atoms with E-state index in [0.717, 1.165) is 25.6 Å². The Morgan fingerprint density at radius 2 is 1.95 bits per heavy atom. The van der Waals surface area contributed by atoms with Gasteiger partial charge in [-0.15, -0.1) is 0 Å². The molecule has 8 heteroatoms. The van der Waals surface area contributed by atoms with E-state index >= 15 is 0 Å². The zero-order valence-corrected chi connectivity index (χ0v) is 13.8. The molecular weight excluding hydrogens is 302 g/mol. The number of hydrogen-bond acceptors (Lipinski definition) is 6. The molecule has 0 bridgehead atoms. The van der Waals surface area contributed by atoms with E-state index in [9.17, 15) is 16.8 Å². The monoisotopic (exact) mass is 327 g/mol. The van der Waals surface area contributed by atoms with Crippen molar-refractivity contribution in [3.63, 3.8) is 0 Å². The van der Waals surface area contributed by atoms with E-state index in [0.29, 0.717) is 13.2 Å². The summed E-state index contributed by atoms with van der Waals surface area (Å²) < 4.78 is 51.6. The fourth-order valence-corrected chi connectivity index (χ4v) is 5.53. The van der Waals surface area contributed by atoms with Gasteiger partial charge in [-0.2, -0.15) is 0 Å². The molecule has 1 rings (SSSR count). The van der Waals surface area contributed by atoms with Crippen molar-refractivity contribution >= 4 is 19.7 Å². The van der Waals surface area contributed by atoms with Crippen LogP contribution < -0.4 is 5.32 Å². The Hall–Kier alpha value is -0.180. The van der Waals surface area contributed by atoms with Crippen molar-refractivity contribution in [3.8, 4) is 0 Å². The Labute approximate surface area is 122 Å². The smallest absolute Gasteiger partial charge is 0.152 e. The molecule has 0 aliphatic carbocycles. The Morgan fingerprint density at radius 3 is 2.45 bits per heavy atom. The molecule has 0 radical (unpaired) electrons. The maximum atomic E-state index is 12.1. The van der Waals surface area contributed by atoms with Crippen LogP contribution in [0.3, 0.4) is 0 Å². The van der Waals surface area contributed by atoms with Crippen LogP contribution in [0.2, 0.25) is 0 Å². The van der Waals surface area contributed by atoms with E-state index in [1.165, 1.54) is 0 Å². The molecule has 1 N–H and O–H groups in total. The van der Waals surface area contributed by atoms with E-state index in [-0.39, 0.29) is 29.2 Å². The van der Waals surface area contributed by atoms with E-state index in [1.54, 1.807) is 0 Å². The quantitative estimate of drug-likeness (QED) is 0.633. The highest BCUT2D eigenvalue weighted by Crippen LogP contribution is 2.18. The fourth-order valence-electron chi connectivity index (χ4n) is 2.20. The largest absolute Gasteiger partial charge is 0.381 e. The topological polar surface area (TPSA) is 89.5 Å². The summed E-state index contributed by atoms with van der Waals surface area (Å²) in [5.41, 5.74) is 0. The van der Waals surface area contributed by atoms with Gasteiger partial charge in [0, 0.05) is 24.8 Å². The van der Waals surface area contributed by atoms with Crippen molar-refractivity contribution in [1.29, 1.82) is 0 Å². The molecule has 0 aromatic heterocycles. The Bertz CT molecular complexity index is 480. The Morgan fingerprint density at radius 1 is 1.25 bits per heavy atom. The van der Waals surface area contributed by atoms with Crippen LogP contribution in [0.1, 0.15) is 19.8 Å². The number of rotatable bonds is 9. The summed E-state index contributed by atoms with van der Waals surface area (Å²) in [6.07, 6.45) is 2.83. The lowest BCUT2D eigenvalue weighted by Gasteiger charge is -2.23. The van der Waals surface area contributed by atoms with E-state index in [2.05, 4.69) is 5.32 Å². The van der Waals surface area contributed by atoms with Crippen molar-refractivity contribution < 1.29 is 21.6 Å². The van der Waals surface area contributed by atoms with Gasteiger partial charge in [0.25, 0.3) is 0 Å². The van der Waals surface area contributed by atoms with Crippen LogP contribution in [0, 0.1) is 5.92 Å². The normalized spacial score (nSPS) is 22.0. The third-order valence-electron chi connectivity index (χ3n) is 3.39. The van der Waals surface area contributed by atoms with Gasteiger partial charge in [-0.1, -0.05) is 6.92 Å². The number of hydrogen-bond donors (Lipinski definition) is 1. The summed E-state index contributed by atoms with van der Waals surface area (Å²) in [5, 5.41) is 3.26. The van der Waals surface area contributed by atoms with Gasteiger partial charge in [0.15, 0.2) is 9.84 Å². The molecule has 0 amide bonds. The Kier molecular flexibility index (Phi) is 6.90. The van der Waals surface area contributed by atoms with E-state index in [1.807, 2.05) is 6.92 Å². The minimum absolute atomic E-state index is 0.0173. The molecule has 2 unspecified atom stereocenters. The minimum atomic E-state index is -3.38. The van der Waals surface area contributed by atoms with Gasteiger partial charge in [-0.25, -0.2) is 16.8 Å². The molecule has 20 heavy (non-hydrogen) atoms. The molecule has 0 saturated carbocycles. The lowest BCUT2D eigenvalue weighted by atomic mass is 10.0. The maximum absolute atomic E-state index is 12.1. The Balaban J connectivity index is 2.62. The van der Waals surface area contributed by atoms with Gasteiger partial charge in [0.2, 0.25) is 0 Å². The predicted molar refractivity (Wildman–Crippen MR) is 79.4 cm³/mol. The highest BCUT2D eigenvalue weighted by atomic mass is 32.2. The molecule has 0 aromatic carbocycles. The second-order valence-corrected chi connectivity index (χ2v) is 9.92. The maximum Gasteiger partial charge on any atom is 0.152 e.